The van der Waals surface area contributed by atoms with Crippen LogP contribution in [0.1, 0.15) is 18.4 Å². The van der Waals surface area contributed by atoms with Gasteiger partial charge in [0.1, 0.15) is 0 Å². The molecule has 1 saturated heterocycles. The lowest BCUT2D eigenvalue weighted by molar-refractivity contribution is -0.116. The Hall–Kier alpha value is -2.22. The van der Waals surface area contributed by atoms with Crippen molar-refractivity contribution in [2.24, 2.45) is 0 Å². The maximum atomic E-state index is 12.5. The van der Waals surface area contributed by atoms with Crippen molar-refractivity contribution < 1.29 is 13.2 Å². The molecule has 7 heteroatoms. The third-order valence-corrected chi connectivity index (χ3v) is 6.45. The second kappa shape index (κ2) is 8.65. The molecule has 0 bridgehead atoms. The van der Waals surface area contributed by atoms with E-state index in [9.17, 15) is 13.2 Å². The average Bonchev–Trinajstić information content (AvgIpc) is 3.15. The first-order valence-electron chi connectivity index (χ1n) is 9.08. The van der Waals surface area contributed by atoms with Crippen LogP contribution < -0.4 is 5.32 Å². The molecule has 0 aliphatic carbocycles. The number of likely N-dealkylation sites (tertiary alicyclic amines) is 1. The summed E-state index contributed by atoms with van der Waals surface area (Å²) in [4.78, 5) is 14.9. The molecular weight excluding hydrogens is 362 g/mol. The molecule has 27 heavy (non-hydrogen) atoms. The van der Waals surface area contributed by atoms with E-state index in [0.717, 1.165) is 29.5 Å². The Labute approximate surface area is 160 Å². The number of hydrogen-bond donors (Lipinski definition) is 1. The van der Waals surface area contributed by atoms with Crippen LogP contribution in [-0.4, -0.2) is 50.2 Å². The SMILES string of the molecule is CN(CC(=O)Nc1cccc(CN2CCCC2)c1)S(=O)(=O)c1ccccc1. The van der Waals surface area contributed by atoms with Crippen LogP contribution in [0.2, 0.25) is 0 Å². The monoisotopic (exact) mass is 387 g/mol. The number of likely N-dealkylation sites (N-methyl/N-ethyl adjacent to an activating group) is 1. The normalized spacial score (nSPS) is 15.2. The molecule has 0 atom stereocenters. The number of anilines is 1. The third kappa shape index (κ3) is 5.15. The summed E-state index contributed by atoms with van der Waals surface area (Å²) in [6.45, 7) is 2.84. The molecule has 1 fully saturated rings. The summed E-state index contributed by atoms with van der Waals surface area (Å²) in [6, 6.07) is 15.8. The van der Waals surface area contributed by atoms with Gasteiger partial charge in [0.25, 0.3) is 0 Å². The van der Waals surface area contributed by atoms with Crippen LogP contribution in [-0.2, 0) is 21.4 Å². The largest absolute Gasteiger partial charge is 0.325 e. The van der Waals surface area contributed by atoms with Gasteiger partial charge in [-0.3, -0.25) is 9.69 Å². The van der Waals surface area contributed by atoms with E-state index in [0.29, 0.717) is 5.69 Å². The highest BCUT2D eigenvalue weighted by Gasteiger charge is 2.22. The lowest BCUT2D eigenvalue weighted by Crippen LogP contribution is -2.35. The molecule has 1 N–H and O–H groups in total. The van der Waals surface area contributed by atoms with E-state index >= 15 is 0 Å². The summed E-state index contributed by atoms with van der Waals surface area (Å²) in [5.41, 5.74) is 1.82. The summed E-state index contributed by atoms with van der Waals surface area (Å²) in [5.74, 6) is -0.365. The van der Waals surface area contributed by atoms with E-state index in [4.69, 9.17) is 0 Å². The Morgan fingerprint density at radius 1 is 1.07 bits per heavy atom. The molecule has 0 saturated carbocycles. The molecular formula is C20H25N3O3S. The maximum Gasteiger partial charge on any atom is 0.243 e. The van der Waals surface area contributed by atoms with Crippen LogP contribution in [0.25, 0.3) is 0 Å². The number of nitrogens with zero attached hydrogens (tertiary/aromatic N) is 2. The summed E-state index contributed by atoms with van der Waals surface area (Å²) in [7, 11) is -2.28. The Morgan fingerprint density at radius 3 is 2.48 bits per heavy atom. The van der Waals surface area contributed by atoms with Gasteiger partial charge in [-0.2, -0.15) is 4.31 Å². The van der Waals surface area contributed by atoms with Gasteiger partial charge in [0.15, 0.2) is 0 Å². The quantitative estimate of drug-likeness (QED) is 0.793. The van der Waals surface area contributed by atoms with E-state index in [1.807, 2.05) is 24.3 Å². The van der Waals surface area contributed by atoms with Crippen molar-refractivity contribution in [3.05, 3.63) is 60.2 Å². The van der Waals surface area contributed by atoms with Gasteiger partial charge < -0.3 is 5.32 Å². The van der Waals surface area contributed by atoms with Crippen molar-refractivity contribution in [2.45, 2.75) is 24.3 Å². The van der Waals surface area contributed by atoms with Gasteiger partial charge in [0, 0.05) is 19.3 Å². The summed E-state index contributed by atoms with van der Waals surface area (Å²) < 4.78 is 26.1. The molecule has 0 spiro atoms. The first-order valence-corrected chi connectivity index (χ1v) is 10.5. The number of nitrogens with one attached hydrogen (secondary N) is 1. The highest BCUT2D eigenvalue weighted by atomic mass is 32.2. The molecule has 0 radical (unpaired) electrons. The second-order valence-corrected chi connectivity index (χ2v) is 8.85. The number of benzene rings is 2. The fourth-order valence-electron chi connectivity index (χ4n) is 3.21. The van der Waals surface area contributed by atoms with E-state index < -0.39 is 10.0 Å². The topological polar surface area (TPSA) is 69.7 Å². The number of rotatable bonds is 7. The molecule has 1 aliphatic rings. The molecule has 1 aliphatic heterocycles. The van der Waals surface area contributed by atoms with E-state index in [1.54, 1.807) is 18.2 Å². The first kappa shape index (κ1) is 19.5. The van der Waals surface area contributed by atoms with Gasteiger partial charge in [0.05, 0.1) is 11.4 Å². The zero-order valence-corrected chi connectivity index (χ0v) is 16.3. The number of amides is 1. The molecule has 3 rings (SSSR count). The lowest BCUT2D eigenvalue weighted by atomic mass is 10.2. The van der Waals surface area contributed by atoms with Crippen molar-refractivity contribution in [2.75, 3.05) is 32.0 Å². The predicted molar refractivity (Wildman–Crippen MR) is 106 cm³/mol. The molecule has 0 unspecified atom stereocenters. The Kier molecular flexibility index (Phi) is 6.26. The van der Waals surface area contributed by atoms with Gasteiger partial charge in [-0.05, 0) is 55.8 Å². The molecule has 2 aromatic carbocycles. The van der Waals surface area contributed by atoms with Crippen LogP contribution in [0.5, 0.6) is 0 Å². The molecule has 1 amide bonds. The van der Waals surface area contributed by atoms with Crippen molar-refractivity contribution in [1.29, 1.82) is 0 Å². The van der Waals surface area contributed by atoms with E-state index in [1.165, 1.54) is 32.0 Å². The van der Waals surface area contributed by atoms with Gasteiger partial charge in [-0.15, -0.1) is 0 Å². The van der Waals surface area contributed by atoms with Crippen LogP contribution in [0, 0.1) is 0 Å². The molecule has 144 valence electrons. The summed E-state index contributed by atoms with van der Waals surface area (Å²) in [6.07, 6.45) is 2.47. The average molecular weight is 388 g/mol. The van der Waals surface area contributed by atoms with Crippen LogP contribution in [0.15, 0.2) is 59.5 Å². The molecule has 2 aromatic rings. The number of carbonyl (C=O) groups excluding carboxylic acids is 1. The summed E-state index contributed by atoms with van der Waals surface area (Å²) >= 11 is 0. The Bertz CT molecular complexity index is 878. The smallest absolute Gasteiger partial charge is 0.243 e. The fraction of sp³-hybridized carbons (Fsp3) is 0.350. The van der Waals surface area contributed by atoms with Crippen molar-refractivity contribution in [3.63, 3.8) is 0 Å². The first-order chi connectivity index (χ1) is 12.9. The Morgan fingerprint density at radius 2 is 1.78 bits per heavy atom. The van der Waals surface area contributed by atoms with Gasteiger partial charge in [-0.1, -0.05) is 30.3 Å². The van der Waals surface area contributed by atoms with Gasteiger partial charge in [-0.25, -0.2) is 8.42 Å². The molecule has 1 heterocycles. The third-order valence-electron chi connectivity index (χ3n) is 4.63. The van der Waals surface area contributed by atoms with Crippen molar-refractivity contribution in [3.8, 4) is 0 Å². The second-order valence-electron chi connectivity index (χ2n) is 6.81. The minimum Gasteiger partial charge on any atom is -0.325 e. The van der Waals surface area contributed by atoms with E-state index in [2.05, 4.69) is 10.2 Å². The van der Waals surface area contributed by atoms with Crippen LogP contribution >= 0.6 is 0 Å². The standard InChI is InChI=1S/C20H25N3O3S/c1-22(27(25,26)19-10-3-2-4-11-19)16-20(24)21-18-9-7-8-17(14-18)15-23-12-5-6-13-23/h2-4,7-11,14H,5-6,12-13,15-16H2,1H3,(H,21,24). The maximum absolute atomic E-state index is 12.5. The Balaban J connectivity index is 1.60. The fourth-order valence-corrected chi connectivity index (χ4v) is 4.35. The number of hydrogen-bond acceptors (Lipinski definition) is 4. The van der Waals surface area contributed by atoms with Crippen molar-refractivity contribution >= 4 is 21.6 Å². The predicted octanol–water partition coefficient (Wildman–Crippen LogP) is 2.54. The van der Waals surface area contributed by atoms with Crippen LogP contribution in [0.3, 0.4) is 0 Å². The number of sulfonamides is 1. The van der Waals surface area contributed by atoms with Crippen LogP contribution in [0.4, 0.5) is 5.69 Å². The molecule has 6 nitrogen and oxygen atoms in total. The minimum atomic E-state index is -3.68. The van der Waals surface area contributed by atoms with Crippen molar-refractivity contribution in [1.82, 2.24) is 9.21 Å². The highest BCUT2D eigenvalue weighted by molar-refractivity contribution is 7.89. The zero-order valence-electron chi connectivity index (χ0n) is 15.5. The lowest BCUT2D eigenvalue weighted by Gasteiger charge is -2.18. The number of carbonyl (C=O) groups is 1. The summed E-state index contributed by atoms with van der Waals surface area (Å²) in [5, 5.41) is 2.80. The zero-order chi connectivity index (χ0) is 19.3. The van der Waals surface area contributed by atoms with E-state index in [-0.39, 0.29) is 17.3 Å². The molecule has 0 aromatic heterocycles. The highest BCUT2D eigenvalue weighted by Crippen LogP contribution is 2.17. The minimum absolute atomic E-state index is 0.174. The van der Waals surface area contributed by atoms with Gasteiger partial charge >= 0.3 is 0 Å². The van der Waals surface area contributed by atoms with Gasteiger partial charge in [0.2, 0.25) is 15.9 Å².